The molecule has 0 radical (unpaired) electrons. The topological polar surface area (TPSA) is 103 Å². The van der Waals surface area contributed by atoms with Crippen LogP contribution in [-0.2, 0) is 4.74 Å². The highest BCUT2D eigenvalue weighted by Crippen LogP contribution is 2.32. The summed E-state index contributed by atoms with van der Waals surface area (Å²) >= 11 is 5.80. The van der Waals surface area contributed by atoms with Gasteiger partial charge in [-0.1, -0.05) is 11.6 Å². The summed E-state index contributed by atoms with van der Waals surface area (Å²) in [6.45, 7) is 5.09. The first-order valence-corrected chi connectivity index (χ1v) is 6.73. The Morgan fingerprint density at radius 2 is 2.04 bits per heavy atom. The summed E-state index contributed by atoms with van der Waals surface area (Å²) in [6, 6.07) is 1.87. The molecule has 1 rings (SSSR count). The van der Waals surface area contributed by atoms with E-state index < -0.39 is 23.2 Å². The number of carbonyl (C=O) groups excluding carboxylic acids is 1. The molecule has 0 aromatic heterocycles. The van der Waals surface area contributed by atoms with Crippen LogP contribution in [0.3, 0.4) is 0 Å². The van der Waals surface area contributed by atoms with Gasteiger partial charge in [-0.15, -0.1) is 4.91 Å². The SMILES string of the molecule is CC(C)(C)OC(=O)/N=C/C=C(\N)Oc1cc(F)c(N=O)cc1Cl. The Bertz CT molecular complexity index is 669. The number of carbonyl (C=O) groups is 1. The minimum atomic E-state index is -0.908. The van der Waals surface area contributed by atoms with E-state index in [1.165, 1.54) is 0 Å². The van der Waals surface area contributed by atoms with Gasteiger partial charge in [0.15, 0.2) is 17.4 Å². The van der Waals surface area contributed by atoms with Gasteiger partial charge in [0.2, 0.25) is 0 Å². The highest BCUT2D eigenvalue weighted by Gasteiger charge is 2.14. The molecule has 0 saturated carbocycles. The fourth-order valence-electron chi connectivity index (χ4n) is 1.29. The molecule has 0 atom stereocenters. The highest BCUT2D eigenvalue weighted by molar-refractivity contribution is 6.32. The molecule has 124 valence electrons. The summed E-state index contributed by atoms with van der Waals surface area (Å²) < 4.78 is 23.4. The lowest BCUT2D eigenvalue weighted by molar-refractivity contribution is 0.0605. The van der Waals surface area contributed by atoms with E-state index in [0.717, 1.165) is 24.4 Å². The maximum Gasteiger partial charge on any atom is 0.434 e. The third-order valence-electron chi connectivity index (χ3n) is 2.14. The van der Waals surface area contributed by atoms with E-state index in [0.29, 0.717) is 0 Å². The second-order valence-corrected chi connectivity index (χ2v) is 5.66. The molecule has 1 amide bonds. The molecule has 0 aliphatic carbocycles. The van der Waals surface area contributed by atoms with Crippen molar-refractivity contribution < 1.29 is 18.7 Å². The van der Waals surface area contributed by atoms with Gasteiger partial charge in [-0.2, -0.15) is 4.99 Å². The number of hydrogen-bond donors (Lipinski definition) is 1. The smallest absolute Gasteiger partial charge is 0.434 e. The predicted octanol–water partition coefficient (Wildman–Crippen LogP) is 4.06. The summed E-state index contributed by atoms with van der Waals surface area (Å²) in [4.78, 5) is 25.1. The quantitative estimate of drug-likeness (QED) is 0.504. The average Bonchev–Trinajstić information content (AvgIpc) is 2.40. The zero-order valence-electron chi connectivity index (χ0n) is 12.7. The van der Waals surface area contributed by atoms with Crippen molar-refractivity contribution in [1.82, 2.24) is 0 Å². The summed E-state index contributed by atoms with van der Waals surface area (Å²) in [5.41, 5.74) is 4.42. The number of benzene rings is 1. The molecule has 1 aromatic rings. The molecule has 9 heteroatoms. The molecule has 0 aliphatic heterocycles. The monoisotopic (exact) mass is 343 g/mol. The first-order valence-electron chi connectivity index (χ1n) is 6.35. The number of rotatable bonds is 4. The average molecular weight is 344 g/mol. The molecule has 7 nitrogen and oxygen atoms in total. The van der Waals surface area contributed by atoms with Gasteiger partial charge in [0.1, 0.15) is 11.3 Å². The molecular formula is C14H15ClFN3O4. The first kappa shape index (κ1) is 18.6. The van der Waals surface area contributed by atoms with Crippen LogP contribution in [0.2, 0.25) is 5.02 Å². The van der Waals surface area contributed by atoms with Crippen LogP contribution in [0.5, 0.6) is 5.75 Å². The lowest BCUT2D eigenvalue weighted by Gasteiger charge is -2.16. The fourth-order valence-corrected chi connectivity index (χ4v) is 1.48. The lowest BCUT2D eigenvalue weighted by Crippen LogP contribution is -2.21. The number of nitrogens with zero attached hydrogens (tertiary/aromatic N) is 2. The second kappa shape index (κ2) is 7.68. The minimum absolute atomic E-state index is 0.0542. The van der Waals surface area contributed by atoms with Crippen LogP contribution in [-0.4, -0.2) is 17.9 Å². The summed E-state index contributed by atoms with van der Waals surface area (Å²) in [5, 5.41) is 2.41. The molecule has 0 fully saturated rings. The number of amides is 1. The van der Waals surface area contributed by atoms with E-state index >= 15 is 0 Å². The van der Waals surface area contributed by atoms with E-state index in [4.69, 9.17) is 26.8 Å². The van der Waals surface area contributed by atoms with Crippen molar-refractivity contribution in [2.24, 2.45) is 15.9 Å². The Balaban J connectivity index is 2.76. The zero-order chi connectivity index (χ0) is 17.6. The summed E-state index contributed by atoms with van der Waals surface area (Å²) in [5.74, 6) is -1.23. The van der Waals surface area contributed by atoms with Crippen molar-refractivity contribution >= 4 is 29.6 Å². The molecular weight excluding hydrogens is 329 g/mol. The Labute approximate surface area is 136 Å². The Morgan fingerprint density at radius 1 is 1.39 bits per heavy atom. The van der Waals surface area contributed by atoms with Crippen LogP contribution in [0.25, 0.3) is 0 Å². The number of nitrogens with two attached hydrogens (primary N) is 1. The first-order chi connectivity index (χ1) is 10.6. The van der Waals surface area contributed by atoms with Gasteiger partial charge < -0.3 is 15.2 Å². The van der Waals surface area contributed by atoms with Gasteiger partial charge in [-0.05, 0) is 32.0 Å². The molecule has 1 aromatic carbocycles. The van der Waals surface area contributed by atoms with E-state index in [9.17, 15) is 14.1 Å². The number of nitroso groups, excluding NO2 is 1. The van der Waals surface area contributed by atoms with Crippen LogP contribution >= 0.6 is 11.6 Å². The number of hydrogen-bond acceptors (Lipinski definition) is 6. The summed E-state index contributed by atoms with van der Waals surface area (Å²) in [7, 11) is 0. The van der Waals surface area contributed by atoms with E-state index in [-0.39, 0.29) is 16.7 Å². The van der Waals surface area contributed by atoms with Crippen molar-refractivity contribution in [3.63, 3.8) is 0 Å². The molecule has 0 unspecified atom stereocenters. The van der Waals surface area contributed by atoms with Gasteiger partial charge in [0, 0.05) is 18.4 Å². The maximum absolute atomic E-state index is 13.4. The van der Waals surface area contributed by atoms with Crippen molar-refractivity contribution in [1.29, 1.82) is 0 Å². The third kappa shape index (κ3) is 6.43. The van der Waals surface area contributed by atoms with Gasteiger partial charge in [0.05, 0.1) is 5.02 Å². The van der Waals surface area contributed by atoms with Crippen molar-refractivity contribution in [2.45, 2.75) is 26.4 Å². The predicted molar refractivity (Wildman–Crippen MR) is 84.5 cm³/mol. The van der Waals surface area contributed by atoms with Crippen LogP contribution < -0.4 is 10.5 Å². The molecule has 0 heterocycles. The van der Waals surface area contributed by atoms with E-state index in [1.54, 1.807) is 20.8 Å². The number of ether oxygens (including phenoxy) is 2. The van der Waals surface area contributed by atoms with Gasteiger partial charge >= 0.3 is 6.09 Å². The molecule has 0 spiro atoms. The van der Waals surface area contributed by atoms with Crippen molar-refractivity contribution in [3.8, 4) is 5.75 Å². The van der Waals surface area contributed by atoms with Crippen LogP contribution in [0.4, 0.5) is 14.9 Å². The number of halogens is 2. The largest absolute Gasteiger partial charge is 0.442 e. The summed E-state index contributed by atoms with van der Waals surface area (Å²) in [6.07, 6.45) is 1.42. The van der Waals surface area contributed by atoms with Gasteiger partial charge in [0.25, 0.3) is 0 Å². The Kier molecular flexibility index (Phi) is 6.20. The Morgan fingerprint density at radius 3 is 2.61 bits per heavy atom. The molecule has 0 saturated heterocycles. The third-order valence-corrected chi connectivity index (χ3v) is 2.44. The van der Waals surface area contributed by atoms with E-state index in [1.807, 2.05) is 0 Å². The Hall–Kier alpha value is -2.48. The second-order valence-electron chi connectivity index (χ2n) is 5.25. The van der Waals surface area contributed by atoms with Crippen molar-refractivity contribution in [2.75, 3.05) is 0 Å². The number of aliphatic imine (C=N–C) groups is 1. The van der Waals surface area contributed by atoms with Gasteiger partial charge in [-0.25, -0.2) is 9.18 Å². The lowest BCUT2D eigenvalue weighted by atomic mass is 10.2. The standard InChI is InChI=1S/C14H15ClFN3O4/c1-14(2,3)23-13(20)18-5-4-12(17)22-11-7-9(16)10(19-21)6-8(11)15/h4-7H,17H2,1-3H3/b12-4+,18-5+. The molecule has 0 bridgehead atoms. The fraction of sp³-hybridized carbons (Fsp3) is 0.286. The van der Waals surface area contributed by atoms with Gasteiger partial charge in [-0.3, -0.25) is 0 Å². The van der Waals surface area contributed by atoms with Crippen LogP contribution in [0.1, 0.15) is 20.8 Å². The normalized spacial score (nSPS) is 12.3. The number of allylic oxidation sites excluding steroid dienone is 1. The maximum atomic E-state index is 13.4. The van der Waals surface area contributed by atoms with E-state index in [2.05, 4.69) is 10.2 Å². The van der Waals surface area contributed by atoms with Crippen molar-refractivity contribution in [3.05, 3.63) is 39.8 Å². The van der Waals surface area contributed by atoms with Crippen LogP contribution in [0.15, 0.2) is 34.3 Å². The minimum Gasteiger partial charge on any atom is -0.442 e. The molecule has 23 heavy (non-hydrogen) atoms. The van der Waals surface area contributed by atoms with Crippen LogP contribution in [0, 0.1) is 10.7 Å². The molecule has 0 aliphatic rings. The molecule has 2 N–H and O–H groups in total. The zero-order valence-corrected chi connectivity index (χ0v) is 13.4. The highest BCUT2D eigenvalue weighted by atomic mass is 35.5.